The van der Waals surface area contributed by atoms with Crippen LogP contribution in [0.2, 0.25) is 0 Å². The smallest absolute Gasteiger partial charge is 0.225 e. The Morgan fingerprint density at radius 2 is 2.17 bits per heavy atom. The highest BCUT2D eigenvalue weighted by Crippen LogP contribution is 2.16. The van der Waals surface area contributed by atoms with Gasteiger partial charge in [-0.3, -0.25) is 4.79 Å². The molecule has 0 aliphatic carbocycles. The van der Waals surface area contributed by atoms with Gasteiger partial charge in [0.05, 0.1) is 17.1 Å². The highest BCUT2D eigenvalue weighted by Gasteiger charge is 2.29. The van der Waals surface area contributed by atoms with Crippen LogP contribution in [-0.4, -0.2) is 58.2 Å². The van der Waals surface area contributed by atoms with Crippen molar-refractivity contribution in [3.63, 3.8) is 0 Å². The van der Waals surface area contributed by atoms with Crippen LogP contribution in [0.1, 0.15) is 6.92 Å². The van der Waals surface area contributed by atoms with Gasteiger partial charge in [0.2, 0.25) is 11.9 Å². The molecule has 0 aromatic carbocycles. The molecule has 98 valence electrons. The average Bonchev–Trinajstić information content (AvgIpc) is 2.38. The van der Waals surface area contributed by atoms with Crippen molar-refractivity contribution in [1.29, 1.82) is 0 Å². The van der Waals surface area contributed by atoms with E-state index >= 15 is 0 Å². The largest absolute Gasteiger partial charge is 0.394 e. The molecule has 1 aliphatic heterocycles. The molecule has 0 spiro atoms. The standard InChI is InChI=1S/C11H15BrN4O2/c1-8(18)16-3-2-15(6-10(16)7-17)11-13-4-9(12)5-14-11/h4-5,10,17H,2-3,6-7H2,1H3/t10-/m0/s1. The van der Waals surface area contributed by atoms with Crippen LogP contribution < -0.4 is 4.90 Å². The predicted octanol–water partition coefficient (Wildman–Crippen LogP) is 0.268. The molecule has 7 heteroatoms. The number of amides is 1. The molecule has 1 atom stereocenters. The molecule has 1 aromatic heterocycles. The lowest BCUT2D eigenvalue weighted by Gasteiger charge is -2.40. The van der Waals surface area contributed by atoms with Crippen LogP contribution in [0.15, 0.2) is 16.9 Å². The summed E-state index contributed by atoms with van der Waals surface area (Å²) in [6.45, 7) is 3.29. The lowest BCUT2D eigenvalue weighted by molar-refractivity contribution is -0.132. The minimum Gasteiger partial charge on any atom is -0.394 e. The summed E-state index contributed by atoms with van der Waals surface area (Å²) in [6, 6.07) is -0.191. The number of carbonyl (C=O) groups excluding carboxylic acids is 1. The Morgan fingerprint density at radius 1 is 1.50 bits per heavy atom. The van der Waals surface area contributed by atoms with Gasteiger partial charge in [-0.15, -0.1) is 0 Å². The molecule has 1 N–H and O–H groups in total. The Hall–Kier alpha value is -1.21. The molecule has 0 radical (unpaired) electrons. The number of nitrogens with zero attached hydrogens (tertiary/aromatic N) is 4. The lowest BCUT2D eigenvalue weighted by Crippen LogP contribution is -2.56. The molecular formula is C11H15BrN4O2. The van der Waals surface area contributed by atoms with Crippen molar-refractivity contribution >= 4 is 27.8 Å². The first-order valence-corrected chi connectivity index (χ1v) is 6.51. The van der Waals surface area contributed by atoms with Crippen LogP contribution in [0.5, 0.6) is 0 Å². The van der Waals surface area contributed by atoms with Gasteiger partial charge in [0.15, 0.2) is 0 Å². The summed E-state index contributed by atoms with van der Waals surface area (Å²) in [5.41, 5.74) is 0. The molecule has 1 saturated heterocycles. The third kappa shape index (κ3) is 2.78. The maximum absolute atomic E-state index is 11.4. The Morgan fingerprint density at radius 3 is 2.72 bits per heavy atom. The molecule has 0 unspecified atom stereocenters. The summed E-state index contributed by atoms with van der Waals surface area (Å²) in [5.74, 6) is 0.616. The van der Waals surface area contributed by atoms with Gasteiger partial charge in [0, 0.05) is 39.0 Å². The highest BCUT2D eigenvalue weighted by atomic mass is 79.9. The topological polar surface area (TPSA) is 69.6 Å². The van der Waals surface area contributed by atoms with Gasteiger partial charge in [-0.2, -0.15) is 0 Å². The van der Waals surface area contributed by atoms with Gasteiger partial charge >= 0.3 is 0 Å². The van der Waals surface area contributed by atoms with Crippen molar-refractivity contribution in [2.24, 2.45) is 0 Å². The molecule has 0 saturated carbocycles. The normalized spacial score (nSPS) is 20.1. The van der Waals surface area contributed by atoms with E-state index in [2.05, 4.69) is 25.9 Å². The lowest BCUT2D eigenvalue weighted by atomic mass is 10.2. The fourth-order valence-electron chi connectivity index (χ4n) is 2.08. The van der Waals surface area contributed by atoms with Crippen LogP contribution >= 0.6 is 15.9 Å². The number of carbonyl (C=O) groups is 1. The van der Waals surface area contributed by atoms with Crippen LogP contribution in [0.3, 0.4) is 0 Å². The van der Waals surface area contributed by atoms with Gasteiger partial charge in [0.1, 0.15) is 0 Å². The SMILES string of the molecule is CC(=O)N1CCN(c2ncc(Br)cn2)C[C@H]1CO. The first-order valence-electron chi connectivity index (χ1n) is 5.72. The molecule has 1 amide bonds. The zero-order valence-electron chi connectivity index (χ0n) is 10.1. The minimum absolute atomic E-state index is 0.00887. The van der Waals surface area contributed by atoms with Crippen molar-refractivity contribution in [2.45, 2.75) is 13.0 Å². The summed E-state index contributed by atoms with van der Waals surface area (Å²) >= 11 is 3.29. The average molecular weight is 315 g/mol. The van der Waals surface area contributed by atoms with Gasteiger partial charge in [0.25, 0.3) is 0 Å². The molecule has 2 rings (SSSR count). The number of hydrogen-bond acceptors (Lipinski definition) is 5. The second-order valence-corrected chi connectivity index (χ2v) is 5.11. The maximum atomic E-state index is 11.4. The number of halogens is 1. The predicted molar refractivity (Wildman–Crippen MR) is 70.2 cm³/mol. The zero-order valence-corrected chi connectivity index (χ0v) is 11.7. The van der Waals surface area contributed by atoms with E-state index in [9.17, 15) is 9.90 Å². The number of hydrogen-bond donors (Lipinski definition) is 1. The first-order chi connectivity index (χ1) is 8.61. The summed E-state index contributed by atoms with van der Waals surface area (Å²) in [7, 11) is 0. The van der Waals surface area contributed by atoms with Crippen LogP contribution in [-0.2, 0) is 4.79 Å². The number of rotatable bonds is 2. The van der Waals surface area contributed by atoms with Crippen molar-refractivity contribution in [3.8, 4) is 0 Å². The quantitative estimate of drug-likeness (QED) is 0.848. The fraction of sp³-hybridized carbons (Fsp3) is 0.545. The fourth-order valence-corrected chi connectivity index (χ4v) is 2.28. The summed E-state index contributed by atoms with van der Waals surface area (Å²) < 4.78 is 0.826. The maximum Gasteiger partial charge on any atom is 0.225 e. The van der Waals surface area contributed by atoms with Crippen molar-refractivity contribution in [1.82, 2.24) is 14.9 Å². The monoisotopic (exact) mass is 314 g/mol. The van der Waals surface area contributed by atoms with E-state index < -0.39 is 0 Å². The molecule has 0 bridgehead atoms. The Kier molecular flexibility index (Phi) is 4.13. The summed E-state index contributed by atoms with van der Waals surface area (Å²) in [4.78, 5) is 23.5. The highest BCUT2D eigenvalue weighted by molar-refractivity contribution is 9.10. The molecule has 1 aliphatic rings. The number of aromatic nitrogens is 2. The molecule has 2 heterocycles. The van der Waals surface area contributed by atoms with Crippen LogP contribution in [0.25, 0.3) is 0 Å². The second kappa shape index (κ2) is 5.62. The van der Waals surface area contributed by atoms with E-state index in [-0.39, 0.29) is 18.6 Å². The van der Waals surface area contributed by atoms with Gasteiger partial charge in [-0.1, -0.05) is 0 Å². The number of aliphatic hydroxyl groups excluding tert-OH is 1. The van der Waals surface area contributed by atoms with Crippen molar-refractivity contribution < 1.29 is 9.90 Å². The van der Waals surface area contributed by atoms with E-state index in [4.69, 9.17) is 0 Å². The van der Waals surface area contributed by atoms with E-state index in [1.807, 2.05) is 4.90 Å². The Bertz CT molecular complexity index is 426. The van der Waals surface area contributed by atoms with Crippen LogP contribution in [0, 0.1) is 0 Å². The molecule has 1 fully saturated rings. The molecular weight excluding hydrogens is 300 g/mol. The third-order valence-corrected chi connectivity index (χ3v) is 3.40. The zero-order chi connectivity index (χ0) is 13.1. The van der Waals surface area contributed by atoms with Gasteiger partial charge in [-0.05, 0) is 15.9 Å². The molecule has 6 nitrogen and oxygen atoms in total. The van der Waals surface area contributed by atoms with Gasteiger partial charge < -0.3 is 14.9 Å². The second-order valence-electron chi connectivity index (χ2n) is 4.20. The number of aliphatic hydroxyl groups is 1. The van der Waals surface area contributed by atoms with E-state index in [1.54, 1.807) is 17.3 Å². The van der Waals surface area contributed by atoms with E-state index in [0.717, 1.165) is 4.47 Å². The third-order valence-electron chi connectivity index (χ3n) is 2.99. The van der Waals surface area contributed by atoms with Crippen LogP contribution in [0.4, 0.5) is 5.95 Å². The Balaban J connectivity index is 2.09. The van der Waals surface area contributed by atoms with Gasteiger partial charge in [-0.25, -0.2) is 9.97 Å². The van der Waals surface area contributed by atoms with Crippen molar-refractivity contribution in [2.75, 3.05) is 31.1 Å². The molecule has 1 aromatic rings. The van der Waals surface area contributed by atoms with Crippen molar-refractivity contribution in [3.05, 3.63) is 16.9 Å². The van der Waals surface area contributed by atoms with E-state index in [1.165, 1.54) is 6.92 Å². The number of anilines is 1. The molecule has 18 heavy (non-hydrogen) atoms. The minimum atomic E-state index is -0.191. The Labute approximate surface area is 114 Å². The number of piperazine rings is 1. The first kappa shape index (κ1) is 13.2. The summed E-state index contributed by atoms with van der Waals surface area (Å²) in [6.07, 6.45) is 3.38. The summed E-state index contributed by atoms with van der Waals surface area (Å²) in [5, 5.41) is 9.35. The van der Waals surface area contributed by atoms with E-state index in [0.29, 0.717) is 25.6 Å².